The summed E-state index contributed by atoms with van der Waals surface area (Å²) in [6.07, 6.45) is 19.7. The SMILES string of the molecule is CCCCCC/C=C/C1OC1CCC/C=C/CCC(=O)OO. The van der Waals surface area contributed by atoms with Gasteiger partial charge in [0.1, 0.15) is 6.10 Å². The summed E-state index contributed by atoms with van der Waals surface area (Å²) >= 11 is 0. The van der Waals surface area contributed by atoms with E-state index in [-0.39, 0.29) is 6.42 Å². The molecule has 0 aromatic rings. The van der Waals surface area contributed by atoms with Crippen LogP contribution < -0.4 is 0 Å². The minimum absolute atomic E-state index is 0.226. The molecule has 2 atom stereocenters. The number of carbonyl (C=O) groups is 1. The maximum atomic E-state index is 10.7. The number of carbonyl (C=O) groups excluding carboxylic acids is 1. The topological polar surface area (TPSA) is 59.1 Å². The van der Waals surface area contributed by atoms with E-state index in [1.165, 1.54) is 32.1 Å². The van der Waals surface area contributed by atoms with Crippen LogP contribution in [0.1, 0.15) is 71.1 Å². The van der Waals surface area contributed by atoms with E-state index in [2.05, 4.69) is 30.0 Å². The zero-order chi connectivity index (χ0) is 16.0. The lowest BCUT2D eigenvalue weighted by Gasteiger charge is -1.94. The number of rotatable bonds is 13. The highest BCUT2D eigenvalue weighted by atomic mass is 17.1. The predicted molar refractivity (Wildman–Crippen MR) is 87.5 cm³/mol. The van der Waals surface area contributed by atoms with Crippen molar-refractivity contribution in [2.45, 2.75) is 83.3 Å². The summed E-state index contributed by atoms with van der Waals surface area (Å²) in [5.74, 6) is -0.583. The Labute approximate surface area is 134 Å². The fourth-order valence-corrected chi connectivity index (χ4v) is 2.40. The number of hydrogen-bond acceptors (Lipinski definition) is 4. The van der Waals surface area contributed by atoms with Crippen molar-refractivity contribution in [3.63, 3.8) is 0 Å². The second-order valence-electron chi connectivity index (χ2n) is 5.82. The second-order valence-corrected chi connectivity index (χ2v) is 5.82. The maximum Gasteiger partial charge on any atom is 0.342 e. The highest BCUT2D eigenvalue weighted by Crippen LogP contribution is 2.28. The van der Waals surface area contributed by atoms with E-state index in [1.54, 1.807) is 0 Å². The molecule has 0 spiro atoms. The lowest BCUT2D eigenvalue weighted by molar-refractivity contribution is -0.234. The van der Waals surface area contributed by atoms with Gasteiger partial charge in [0.2, 0.25) is 0 Å². The van der Waals surface area contributed by atoms with Crippen molar-refractivity contribution < 1.29 is 19.7 Å². The van der Waals surface area contributed by atoms with E-state index in [9.17, 15) is 4.79 Å². The largest absolute Gasteiger partial charge is 0.365 e. The molecule has 1 aliphatic rings. The zero-order valence-corrected chi connectivity index (χ0v) is 13.7. The number of hydrogen-bond donors (Lipinski definition) is 1. The molecule has 1 aliphatic heterocycles. The van der Waals surface area contributed by atoms with Crippen molar-refractivity contribution >= 4 is 5.97 Å². The number of allylic oxidation sites excluding steroid dienone is 3. The lowest BCUT2D eigenvalue weighted by Crippen LogP contribution is -1.98. The third kappa shape index (κ3) is 9.74. The van der Waals surface area contributed by atoms with E-state index in [0.29, 0.717) is 18.6 Å². The van der Waals surface area contributed by atoms with Crippen LogP contribution in [-0.2, 0) is 14.4 Å². The highest BCUT2D eigenvalue weighted by molar-refractivity contribution is 5.68. The van der Waals surface area contributed by atoms with Gasteiger partial charge in [0.15, 0.2) is 0 Å². The predicted octanol–water partition coefficient (Wildman–Crippen LogP) is 4.80. The van der Waals surface area contributed by atoms with Crippen LogP contribution in [0.3, 0.4) is 0 Å². The molecule has 1 N–H and O–H groups in total. The van der Waals surface area contributed by atoms with Gasteiger partial charge in [0.25, 0.3) is 0 Å². The Kier molecular flexibility index (Phi) is 10.7. The Morgan fingerprint density at radius 3 is 2.64 bits per heavy atom. The van der Waals surface area contributed by atoms with E-state index >= 15 is 0 Å². The van der Waals surface area contributed by atoms with Crippen LogP contribution in [0.4, 0.5) is 0 Å². The molecule has 0 bridgehead atoms. The molecule has 1 saturated heterocycles. The molecule has 0 radical (unpaired) electrons. The Morgan fingerprint density at radius 2 is 1.86 bits per heavy atom. The van der Waals surface area contributed by atoms with Gasteiger partial charge >= 0.3 is 5.97 Å². The average molecular weight is 310 g/mol. The van der Waals surface area contributed by atoms with Gasteiger partial charge in [0, 0.05) is 0 Å². The van der Waals surface area contributed by atoms with Crippen LogP contribution >= 0.6 is 0 Å². The lowest BCUT2D eigenvalue weighted by atomic mass is 10.1. The van der Waals surface area contributed by atoms with Crippen LogP contribution in [0.5, 0.6) is 0 Å². The molecule has 4 heteroatoms. The van der Waals surface area contributed by atoms with Crippen molar-refractivity contribution in [1.29, 1.82) is 0 Å². The Hall–Kier alpha value is -1.13. The van der Waals surface area contributed by atoms with Gasteiger partial charge in [-0.1, -0.05) is 50.5 Å². The van der Waals surface area contributed by atoms with Crippen LogP contribution in [0.25, 0.3) is 0 Å². The number of epoxide rings is 1. The van der Waals surface area contributed by atoms with E-state index in [1.807, 2.05) is 6.08 Å². The third-order valence-electron chi connectivity index (χ3n) is 3.81. The van der Waals surface area contributed by atoms with Gasteiger partial charge in [0.05, 0.1) is 12.5 Å². The van der Waals surface area contributed by atoms with Crippen LogP contribution in [-0.4, -0.2) is 23.4 Å². The second kappa shape index (κ2) is 12.4. The quantitative estimate of drug-likeness (QED) is 0.174. The molecule has 0 aromatic carbocycles. The fraction of sp³-hybridized carbons (Fsp3) is 0.722. The van der Waals surface area contributed by atoms with Gasteiger partial charge in [-0.15, -0.1) is 0 Å². The molecule has 0 saturated carbocycles. The Bertz CT molecular complexity index is 349. The van der Waals surface area contributed by atoms with Gasteiger partial charge < -0.3 is 9.62 Å². The molecular weight excluding hydrogens is 280 g/mol. The van der Waals surface area contributed by atoms with Crippen molar-refractivity contribution in [2.75, 3.05) is 0 Å². The summed E-state index contributed by atoms with van der Waals surface area (Å²) in [7, 11) is 0. The molecule has 126 valence electrons. The van der Waals surface area contributed by atoms with E-state index in [0.717, 1.165) is 19.3 Å². The van der Waals surface area contributed by atoms with Crippen molar-refractivity contribution in [3.8, 4) is 0 Å². The first-order valence-electron chi connectivity index (χ1n) is 8.59. The van der Waals surface area contributed by atoms with Crippen LogP contribution in [0, 0.1) is 0 Å². The molecule has 22 heavy (non-hydrogen) atoms. The van der Waals surface area contributed by atoms with Gasteiger partial charge in [-0.3, -0.25) is 0 Å². The number of ether oxygens (including phenoxy) is 1. The summed E-state index contributed by atoms with van der Waals surface area (Å²) < 4.78 is 5.62. The average Bonchev–Trinajstić information content (AvgIpc) is 3.28. The van der Waals surface area contributed by atoms with Gasteiger partial charge in [-0.2, -0.15) is 5.26 Å². The fourth-order valence-electron chi connectivity index (χ4n) is 2.40. The first-order chi connectivity index (χ1) is 10.8. The molecule has 4 nitrogen and oxygen atoms in total. The van der Waals surface area contributed by atoms with E-state index in [4.69, 9.17) is 9.99 Å². The van der Waals surface area contributed by atoms with Gasteiger partial charge in [-0.05, 0) is 38.5 Å². The highest BCUT2D eigenvalue weighted by Gasteiger charge is 2.35. The first kappa shape index (κ1) is 18.9. The summed E-state index contributed by atoms with van der Waals surface area (Å²) in [6.45, 7) is 2.23. The third-order valence-corrected chi connectivity index (χ3v) is 3.81. The molecular formula is C18H30O4. The Balaban J connectivity index is 1.90. The molecule has 2 unspecified atom stereocenters. The van der Waals surface area contributed by atoms with Crippen LogP contribution in [0.2, 0.25) is 0 Å². The molecule has 0 aliphatic carbocycles. The smallest absolute Gasteiger partial charge is 0.342 e. The summed E-state index contributed by atoms with van der Waals surface area (Å²) in [5.41, 5.74) is 0. The van der Waals surface area contributed by atoms with Crippen LogP contribution in [0.15, 0.2) is 24.3 Å². The Morgan fingerprint density at radius 1 is 1.09 bits per heavy atom. The standard InChI is InChI=1S/C18H30O4/c1-2-3-4-5-7-10-13-16-17(21-16)14-11-8-6-9-12-15-18(19)22-20/h6,9-10,13,16-17,20H,2-5,7-8,11-12,14-15H2,1H3/b9-6+,13-10+. The van der Waals surface area contributed by atoms with Gasteiger partial charge in [-0.25, -0.2) is 4.79 Å². The van der Waals surface area contributed by atoms with Crippen molar-refractivity contribution in [1.82, 2.24) is 0 Å². The minimum Gasteiger partial charge on any atom is -0.365 e. The molecule has 1 heterocycles. The maximum absolute atomic E-state index is 10.7. The summed E-state index contributed by atoms with van der Waals surface area (Å²) in [6, 6.07) is 0. The summed E-state index contributed by atoms with van der Waals surface area (Å²) in [4.78, 5) is 14.3. The van der Waals surface area contributed by atoms with Crippen molar-refractivity contribution in [3.05, 3.63) is 24.3 Å². The summed E-state index contributed by atoms with van der Waals surface area (Å²) in [5, 5.41) is 8.09. The zero-order valence-electron chi connectivity index (χ0n) is 13.7. The molecule has 1 rings (SSSR count). The number of unbranched alkanes of at least 4 members (excludes halogenated alkanes) is 5. The monoisotopic (exact) mass is 310 g/mol. The van der Waals surface area contributed by atoms with E-state index < -0.39 is 5.97 Å². The molecule has 1 fully saturated rings. The molecule has 0 aromatic heterocycles. The first-order valence-corrected chi connectivity index (χ1v) is 8.59. The minimum atomic E-state index is -0.583. The van der Waals surface area contributed by atoms with Crippen molar-refractivity contribution in [2.24, 2.45) is 0 Å². The molecule has 0 amide bonds. The normalized spacial score (nSPS) is 20.8.